The van der Waals surface area contributed by atoms with Crippen LogP contribution in [0.15, 0.2) is 261 Å². The van der Waals surface area contributed by atoms with Crippen molar-refractivity contribution in [2.24, 2.45) is 0 Å². The molecule has 80 heavy (non-hydrogen) atoms. The number of thioether (sulfide) groups is 1. The van der Waals surface area contributed by atoms with Crippen molar-refractivity contribution in [2.45, 2.75) is 78.9 Å². The Morgan fingerprint density at radius 2 is 0.912 bits per heavy atom. The third-order valence-electron chi connectivity index (χ3n) is 18.3. The maximum Gasteiger partial charge on any atom is 0.0473 e. The average molecular weight is 1060 g/mol. The highest BCUT2D eigenvalue weighted by molar-refractivity contribution is 8.03. The minimum atomic E-state index is -0.0360. The fourth-order valence-corrected chi connectivity index (χ4v) is 16.6. The van der Waals surface area contributed by atoms with Crippen molar-refractivity contribution in [3.05, 3.63) is 275 Å². The van der Waals surface area contributed by atoms with Crippen molar-refractivity contribution in [3.63, 3.8) is 0 Å². The van der Waals surface area contributed by atoms with E-state index in [0.717, 1.165) is 42.7 Å². The van der Waals surface area contributed by atoms with Crippen LogP contribution in [0.2, 0.25) is 0 Å². The van der Waals surface area contributed by atoms with E-state index in [2.05, 4.69) is 268 Å². The second kappa shape index (κ2) is 18.1. The van der Waals surface area contributed by atoms with E-state index in [4.69, 9.17) is 0 Å². The van der Waals surface area contributed by atoms with Gasteiger partial charge in [-0.25, -0.2) is 0 Å². The number of hydrogen-bond acceptors (Lipinski definition) is 4. The van der Waals surface area contributed by atoms with Gasteiger partial charge in [-0.1, -0.05) is 196 Å². The summed E-state index contributed by atoms with van der Waals surface area (Å²) < 4.78 is 0. The van der Waals surface area contributed by atoms with Gasteiger partial charge in [-0.3, -0.25) is 0 Å². The summed E-state index contributed by atoms with van der Waals surface area (Å²) in [4.78, 5) is 10.2. The van der Waals surface area contributed by atoms with Crippen molar-refractivity contribution in [1.82, 2.24) is 0 Å². The summed E-state index contributed by atoms with van der Waals surface area (Å²) in [6.45, 7) is 9.54. The lowest BCUT2D eigenvalue weighted by atomic mass is 9.78. The van der Waals surface area contributed by atoms with Gasteiger partial charge in [0.15, 0.2) is 0 Å². The summed E-state index contributed by atoms with van der Waals surface area (Å²) >= 11 is 3.87. The first-order chi connectivity index (χ1) is 39.2. The lowest BCUT2D eigenvalue weighted by molar-refractivity contribution is 0.607. The number of nitrogens with zero attached hydrogens (tertiary/aromatic N) is 2. The van der Waals surface area contributed by atoms with Crippen LogP contribution in [0.4, 0.5) is 28.4 Å². The Hall–Kier alpha value is -8.28. The normalized spacial score (nSPS) is 16.3. The number of benzene rings is 10. The Bertz CT molecular complexity index is 4380. The van der Waals surface area contributed by atoms with E-state index in [1.165, 1.54) is 131 Å². The predicted octanol–water partition coefficient (Wildman–Crippen LogP) is 21.8. The molecule has 0 aromatic heterocycles. The molecule has 0 bridgehead atoms. The van der Waals surface area contributed by atoms with Crippen molar-refractivity contribution >= 4 is 73.9 Å². The van der Waals surface area contributed by atoms with Gasteiger partial charge < -0.3 is 9.80 Å². The second-order valence-electron chi connectivity index (χ2n) is 23.4. The Kier molecular flexibility index (Phi) is 10.8. The molecule has 10 aromatic rings. The lowest BCUT2D eigenvalue weighted by Crippen LogP contribution is -2.19. The number of rotatable bonds is 8. The van der Waals surface area contributed by atoms with E-state index >= 15 is 0 Å². The molecule has 0 radical (unpaired) electrons. The first-order valence-corrected chi connectivity index (χ1v) is 30.0. The molecular formula is C76H58N2S2. The van der Waals surface area contributed by atoms with Crippen LogP contribution in [0.5, 0.6) is 0 Å². The van der Waals surface area contributed by atoms with E-state index in [0.29, 0.717) is 0 Å². The Balaban J connectivity index is 0.707. The molecule has 0 atom stereocenters. The standard InChI is InChI=1S/C76H58N2S2/c1-75(2)65-21-13-11-19-57(65)59-35-27-49(43-67(59)75)47-23-29-53(30-24-47)77(51-15-7-5-8-16-51)55-33-37-61-63-39-40-64-62-38-34-56(46-72(62)80-70-42-41-69(73(63)74(64)70)79-71(61)45-55)78(52-17-9-6-10-18-52)54-31-25-48(26-32-54)50-28-36-60-58-20-12-14-22-66(58)76(3,4)68(60)44-50/h5-13,15-21,23-32,34-36,38-46H,14,22,33,37H2,1-4H3. The van der Waals surface area contributed by atoms with Gasteiger partial charge in [0.25, 0.3) is 0 Å². The molecule has 0 unspecified atom stereocenters. The molecule has 16 rings (SSSR count). The zero-order chi connectivity index (χ0) is 53.4. The molecule has 4 heteroatoms. The maximum atomic E-state index is 2.49. The summed E-state index contributed by atoms with van der Waals surface area (Å²) in [6.07, 6.45) is 11.4. The van der Waals surface area contributed by atoms with E-state index in [-0.39, 0.29) is 10.8 Å². The van der Waals surface area contributed by atoms with E-state index in [1.807, 2.05) is 23.5 Å². The van der Waals surface area contributed by atoms with Crippen LogP contribution < -0.4 is 9.80 Å². The van der Waals surface area contributed by atoms with Gasteiger partial charge >= 0.3 is 0 Å². The highest BCUT2D eigenvalue weighted by atomic mass is 32.2. The lowest BCUT2D eigenvalue weighted by Gasteiger charge is -2.34. The molecule has 4 aliphatic carbocycles. The van der Waals surface area contributed by atoms with Gasteiger partial charge in [0.1, 0.15) is 0 Å². The second-order valence-corrected chi connectivity index (χ2v) is 25.6. The Labute approximate surface area is 478 Å². The van der Waals surface area contributed by atoms with Crippen molar-refractivity contribution in [2.75, 3.05) is 9.80 Å². The number of allylic oxidation sites excluding steroid dienone is 7. The van der Waals surface area contributed by atoms with Gasteiger partial charge in [-0.15, -0.1) is 0 Å². The molecular weight excluding hydrogens is 1000 g/mol. The topological polar surface area (TPSA) is 6.48 Å². The highest BCUT2D eigenvalue weighted by Gasteiger charge is 2.38. The molecule has 0 N–H and O–H groups in total. The molecule has 0 amide bonds. The summed E-state index contributed by atoms with van der Waals surface area (Å²) in [5.41, 5.74) is 29.0. The molecule has 0 saturated carbocycles. The first kappa shape index (κ1) is 47.7. The molecule has 0 fully saturated rings. The molecule has 2 heterocycles. The summed E-state index contributed by atoms with van der Waals surface area (Å²) in [7, 11) is 0. The highest BCUT2D eigenvalue weighted by Crippen LogP contribution is 2.58. The molecule has 0 spiro atoms. The first-order valence-electron chi connectivity index (χ1n) is 28.4. The summed E-state index contributed by atoms with van der Waals surface area (Å²) in [5.74, 6) is 0. The van der Waals surface area contributed by atoms with Crippen molar-refractivity contribution in [1.29, 1.82) is 0 Å². The number of hydrogen-bond donors (Lipinski definition) is 0. The number of anilines is 5. The number of para-hydroxylation sites is 2. The third-order valence-corrected chi connectivity index (χ3v) is 20.6. The van der Waals surface area contributed by atoms with Gasteiger partial charge in [0, 0.05) is 75.3 Å². The van der Waals surface area contributed by atoms with Gasteiger partial charge in [0.2, 0.25) is 0 Å². The zero-order valence-corrected chi connectivity index (χ0v) is 47.1. The molecule has 384 valence electrons. The van der Waals surface area contributed by atoms with Crippen LogP contribution >= 0.6 is 23.5 Å². The maximum absolute atomic E-state index is 2.49. The van der Waals surface area contributed by atoms with Crippen LogP contribution in [0, 0.1) is 0 Å². The monoisotopic (exact) mass is 1060 g/mol. The van der Waals surface area contributed by atoms with Crippen LogP contribution in [0.3, 0.4) is 0 Å². The third kappa shape index (κ3) is 7.35. The molecule has 10 aromatic carbocycles. The quantitative estimate of drug-likeness (QED) is 0.150. The largest absolute Gasteiger partial charge is 0.314 e. The molecule has 2 nitrogen and oxygen atoms in total. The molecule has 2 aliphatic heterocycles. The number of fused-ring (bicyclic) bond motifs is 8. The van der Waals surface area contributed by atoms with Gasteiger partial charge in [0.05, 0.1) is 0 Å². The minimum Gasteiger partial charge on any atom is -0.314 e. The SMILES string of the molecule is CC1(C)C2=C(C=CCC2)c2ccc(-c3ccc(N(c4ccccc4)c4ccc5c(c4)Sc4ccc6c7c(ccc-5c47)C4=C(C=C(N(c5ccccc5)c5ccc(-c7ccc8c(c7)C(C)(C)c7ccccc7-8)cc5)CC4)S6)cc3)cc21. The van der Waals surface area contributed by atoms with Gasteiger partial charge in [-0.05, 0) is 200 Å². The van der Waals surface area contributed by atoms with E-state index in [1.54, 1.807) is 5.57 Å². The van der Waals surface area contributed by atoms with Crippen LogP contribution in [-0.4, -0.2) is 0 Å². The summed E-state index contributed by atoms with van der Waals surface area (Å²) in [5, 5.41) is 2.79. The Morgan fingerprint density at radius 1 is 0.375 bits per heavy atom. The van der Waals surface area contributed by atoms with Crippen LogP contribution in [0.25, 0.3) is 66.4 Å². The van der Waals surface area contributed by atoms with Crippen molar-refractivity contribution in [3.8, 4) is 44.5 Å². The summed E-state index contributed by atoms with van der Waals surface area (Å²) in [6, 6.07) is 80.0. The fraction of sp³-hybridized carbons (Fsp3) is 0.132. The van der Waals surface area contributed by atoms with Gasteiger partial charge in [-0.2, -0.15) is 0 Å². The predicted molar refractivity (Wildman–Crippen MR) is 340 cm³/mol. The Morgan fingerprint density at radius 3 is 1.64 bits per heavy atom. The zero-order valence-electron chi connectivity index (χ0n) is 45.5. The van der Waals surface area contributed by atoms with E-state index in [9.17, 15) is 0 Å². The van der Waals surface area contributed by atoms with Crippen LogP contribution in [0.1, 0.15) is 81.2 Å². The average Bonchev–Trinajstić information content (AvgIpc) is 3.92. The van der Waals surface area contributed by atoms with E-state index < -0.39 is 0 Å². The van der Waals surface area contributed by atoms with Crippen molar-refractivity contribution < 1.29 is 0 Å². The molecule has 0 saturated heterocycles. The molecule has 6 aliphatic rings. The fourth-order valence-electron chi connectivity index (χ4n) is 14.3. The van der Waals surface area contributed by atoms with Crippen LogP contribution in [-0.2, 0) is 10.8 Å². The smallest absolute Gasteiger partial charge is 0.0473 e. The minimum absolute atomic E-state index is 0.0360.